The minimum Gasteiger partial charge on any atom is -0.481 e. The van der Waals surface area contributed by atoms with Gasteiger partial charge in [-0.2, -0.15) is 0 Å². The van der Waals surface area contributed by atoms with E-state index < -0.39 is 5.97 Å². The van der Waals surface area contributed by atoms with Crippen LogP contribution in [0.1, 0.15) is 44.4 Å². The first kappa shape index (κ1) is 13.7. The Morgan fingerprint density at radius 1 is 1.35 bits per heavy atom. The summed E-state index contributed by atoms with van der Waals surface area (Å²) in [7, 11) is 0. The van der Waals surface area contributed by atoms with Crippen molar-refractivity contribution in [3.63, 3.8) is 0 Å². The third-order valence-corrected chi connectivity index (χ3v) is 2.93. The molecule has 17 heavy (non-hydrogen) atoms. The number of benzene rings is 1. The molecule has 0 radical (unpaired) electrons. The Hall–Kier alpha value is -1.35. The van der Waals surface area contributed by atoms with Crippen LogP contribution in [0.2, 0.25) is 0 Å². The molecule has 0 aromatic heterocycles. The van der Waals surface area contributed by atoms with Crippen molar-refractivity contribution in [2.75, 3.05) is 0 Å². The predicted molar refractivity (Wildman–Crippen MR) is 68.8 cm³/mol. The number of nitrogens with two attached hydrogens (primary N) is 1. The lowest BCUT2D eigenvalue weighted by molar-refractivity contribution is -0.136. The molecular formula is C14H21NO2. The molecule has 0 amide bonds. The van der Waals surface area contributed by atoms with Crippen molar-refractivity contribution in [3.8, 4) is 0 Å². The first-order valence-electron chi connectivity index (χ1n) is 5.87. The molecular weight excluding hydrogens is 214 g/mol. The van der Waals surface area contributed by atoms with Gasteiger partial charge in [0, 0.05) is 12.5 Å². The molecule has 1 rings (SSSR count). The molecule has 0 heterocycles. The second-order valence-electron chi connectivity index (χ2n) is 5.44. The highest BCUT2D eigenvalue weighted by atomic mass is 16.4. The lowest BCUT2D eigenvalue weighted by Gasteiger charge is -2.29. The number of hydrogen-bond acceptors (Lipinski definition) is 2. The lowest BCUT2D eigenvalue weighted by atomic mass is 9.81. The van der Waals surface area contributed by atoms with Crippen LogP contribution in [-0.2, 0) is 11.2 Å². The highest BCUT2D eigenvalue weighted by Crippen LogP contribution is 2.32. The number of carboxylic acid groups (broad SMARTS) is 1. The van der Waals surface area contributed by atoms with E-state index in [9.17, 15) is 4.79 Å². The van der Waals surface area contributed by atoms with Crippen LogP contribution in [0.5, 0.6) is 0 Å². The fourth-order valence-corrected chi connectivity index (χ4v) is 1.77. The van der Waals surface area contributed by atoms with Crippen molar-refractivity contribution in [2.45, 2.75) is 39.7 Å². The largest absolute Gasteiger partial charge is 0.481 e. The Kier molecular flexibility index (Phi) is 4.29. The maximum Gasteiger partial charge on any atom is 0.303 e. The molecule has 0 saturated carbocycles. The molecule has 0 aliphatic carbocycles. The zero-order chi connectivity index (χ0) is 13.1. The van der Waals surface area contributed by atoms with Crippen molar-refractivity contribution in [1.29, 1.82) is 0 Å². The number of rotatable bonds is 4. The van der Waals surface area contributed by atoms with E-state index in [0.717, 1.165) is 11.1 Å². The summed E-state index contributed by atoms with van der Waals surface area (Å²) in [5.41, 5.74) is 8.30. The third-order valence-electron chi connectivity index (χ3n) is 2.93. The summed E-state index contributed by atoms with van der Waals surface area (Å²) in [6.07, 6.45) is 0.684. The maximum absolute atomic E-state index is 10.6. The monoisotopic (exact) mass is 235 g/mol. The number of aryl methyl sites for hydroxylation is 1. The number of carboxylic acids is 1. The van der Waals surface area contributed by atoms with E-state index in [1.165, 1.54) is 0 Å². The molecule has 0 spiro atoms. The zero-order valence-electron chi connectivity index (χ0n) is 10.7. The predicted octanol–water partition coefficient (Wildman–Crippen LogP) is 2.75. The van der Waals surface area contributed by atoms with Gasteiger partial charge in [0.2, 0.25) is 0 Å². The van der Waals surface area contributed by atoms with E-state index in [2.05, 4.69) is 20.8 Å². The summed E-state index contributed by atoms with van der Waals surface area (Å²) in [5, 5.41) is 8.73. The molecule has 0 aliphatic rings. The van der Waals surface area contributed by atoms with Gasteiger partial charge in [-0.3, -0.25) is 4.79 Å². The smallest absolute Gasteiger partial charge is 0.303 e. The van der Waals surface area contributed by atoms with Gasteiger partial charge in [0.1, 0.15) is 0 Å². The van der Waals surface area contributed by atoms with Gasteiger partial charge in [-0.15, -0.1) is 0 Å². The van der Waals surface area contributed by atoms with Crippen LogP contribution in [0.15, 0.2) is 24.3 Å². The maximum atomic E-state index is 10.6. The average molecular weight is 235 g/mol. The molecule has 0 saturated heterocycles. The summed E-state index contributed by atoms with van der Waals surface area (Å²) >= 11 is 0. The van der Waals surface area contributed by atoms with Crippen molar-refractivity contribution in [1.82, 2.24) is 0 Å². The van der Waals surface area contributed by atoms with Gasteiger partial charge in [0.15, 0.2) is 0 Å². The van der Waals surface area contributed by atoms with E-state index in [-0.39, 0.29) is 17.9 Å². The molecule has 0 aliphatic heterocycles. The molecule has 1 atom stereocenters. The minimum absolute atomic E-state index is 0.0284. The van der Waals surface area contributed by atoms with Gasteiger partial charge in [-0.25, -0.2) is 0 Å². The van der Waals surface area contributed by atoms with Crippen LogP contribution in [0.4, 0.5) is 0 Å². The van der Waals surface area contributed by atoms with E-state index in [1.54, 1.807) is 0 Å². The van der Waals surface area contributed by atoms with Crippen molar-refractivity contribution < 1.29 is 9.90 Å². The second kappa shape index (κ2) is 5.32. The fraction of sp³-hybridized carbons (Fsp3) is 0.500. The van der Waals surface area contributed by atoms with E-state index in [4.69, 9.17) is 10.8 Å². The van der Waals surface area contributed by atoms with Crippen LogP contribution in [-0.4, -0.2) is 11.1 Å². The molecule has 3 nitrogen and oxygen atoms in total. The van der Waals surface area contributed by atoms with Crippen molar-refractivity contribution in [3.05, 3.63) is 35.4 Å². The second-order valence-corrected chi connectivity index (χ2v) is 5.44. The first-order valence-corrected chi connectivity index (χ1v) is 5.87. The summed E-state index contributed by atoms with van der Waals surface area (Å²) in [6.45, 7) is 6.27. The van der Waals surface area contributed by atoms with E-state index in [1.807, 2.05) is 24.3 Å². The van der Waals surface area contributed by atoms with E-state index >= 15 is 0 Å². The molecule has 3 heteroatoms. The van der Waals surface area contributed by atoms with Crippen LogP contribution >= 0.6 is 0 Å². The Balaban J connectivity index is 2.95. The number of carbonyl (C=O) groups is 1. The molecule has 94 valence electrons. The Morgan fingerprint density at radius 3 is 2.47 bits per heavy atom. The molecule has 1 unspecified atom stereocenters. The van der Waals surface area contributed by atoms with Gasteiger partial charge in [-0.05, 0) is 23.0 Å². The fourth-order valence-electron chi connectivity index (χ4n) is 1.77. The molecule has 1 aromatic carbocycles. The lowest BCUT2D eigenvalue weighted by Crippen LogP contribution is -2.27. The summed E-state index contributed by atoms with van der Waals surface area (Å²) in [6, 6.07) is 7.76. The quantitative estimate of drug-likeness (QED) is 0.843. The highest BCUT2D eigenvalue weighted by molar-refractivity contribution is 5.67. The zero-order valence-corrected chi connectivity index (χ0v) is 10.7. The SMILES string of the molecule is CC(C)(C)C(N)c1ccccc1CCC(=O)O. The Labute approximate surface area is 103 Å². The minimum atomic E-state index is -0.774. The third kappa shape index (κ3) is 3.86. The van der Waals surface area contributed by atoms with Crippen LogP contribution < -0.4 is 5.73 Å². The Morgan fingerprint density at radius 2 is 1.94 bits per heavy atom. The van der Waals surface area contributed by atoms with Crippen molar-refractivity contribution >= 4 is 5.97 Å². The normalized spacial score (nSPS) is 13.4. The van der Waals surface area contributed by atoms with Crippen LogP contribution in [0, 0.1) is 5.41 Å². The van der Waals surface area contributed by atoms with Gasteiger partial charge < -0.3 is 10.8 Å². The topological polar surface area (TPSA) is 63.3 Å². The highest BCUT2D eigenvalue weighted by Gasteiger charge is 2.24. The molecule has 3 N–H and O–H groups in total. The number of aliphatic carboxylic acids is 1. The van der Waals surface area contributed by atoms with Crippen LogP contribution in [0.25, 0.3) is 0 Å². The van der Waals surface area contributed by atoms with Gasteiger partial charge in [0.05, 0.1) is 0 Å². The van der Waals surface area contributed by atoms with E-state index in [0.29, 0.717) is 6.42 Å². The standard InChI is InChI=1S/C14H21NO2/c1-14(2,3)13(15)11-7-5-4-6-10(11)8-9-12(16)17/h4-7,13H,8-9,15H2,1-3H3,(H,16,17). The average Bonchev–Trinajstić information content (AvgIpc) is 2.24. The summed E-state index contributed by atoms with van der Waals surface area (Å²) in [5.74, 6) is -0.774. The number of hydrogen-bond donors (Lipinski definition) is 2. The molecule has 0 bridgehead atoms. The molecule has 1 aromatic rings. The molecule has 0 fully saturated rings. The van der Waals surface area contributed by atoms with Crippen molar-refractivity contribution in [2.24, 2.45) is 11.1 Å². The van der Waals surface area contributed by atoms with Crippen LogP contribution in [0.3, 0.4) is 0 Å². The van der Waals surface area contributed by atoms with Gasteiger partial charge >= 0.3 is 5.97 Å². The first-order chi connectivity index (χ1) is 7.82. The summed E-state index contributed by atoms with van der Waals surface area (Å²) < 4.78 is 0. The van der Waals surface area contributed by atoms with Gasteiger partial charge in [-0.1, -0.05) is 45.0 Å². The Bertz CT molecular complexity index is 393. The van der Waals surface area contributed by atoms with Gasteiger partial charge in [0.25, 0.3) is 0 Å². The summed E-state index contributed by atoms with van der Waals surface area (Å²) in [4.78, 5) is 10.6.